The molecular weight excluding hydrogens is 254 g/mol. The fourth-order valence-corrected chi connectivity index (χ4v) is 3.28. The van der Waals surface area contributed by atoms with Crippen molar-refractivity contribution in [1.82, 2.24) is 14.7 Å². The molecule has 0 aromatic carbocycles. The first-order valence-electron chi connectivity index (χ1n) is 6.02. The lowest BCUT2D eigenvalue weighted by Crippen LogP contribution is -2.46. The van der Waals surface area contributed by atoms with Crippen molar-refractivity contribution in [3.8, 4) is 0 Å². The summed E-state index contributed by atoms with van der Waals surface area (Å²) in [7, 11) is -2.95. The first kappa shape index (κ1) is 13.1. The van der Waals surface area contributed by atoms with E-state index in [9.17, 15) is 13.2 Å². The van der Waals surface area contributed by atoms with Crippen LogP contribution < -0.4 is 0 Å². The number of carbonyl (C=O) groups excluding carboxylic acids is 1. The summed E-state index contributed by atoms with van der Waals surface area (Å²) in [5.41, 5.74) is 0. The van der Waals surface area contributed by atoms with Gasteiger partial charge in [0.15, 0.2) is 9.84 Å². The minimum Gasteiger partial charge on any atom is -0.339 e. The summed E-state index contributed by atoms with van der Waals surface area (Å²) in [5.74, 6) is 0.0823. The number of hydrogen-bond acceptors (Lipinski definition) is 4. The highest BCUT2D eigenvalue weighted by Gasteiger charge is 2.29. The highest BCUT2D eigenvalue weighted by Crippen LogP contribution is 2.15. The van der Waals surface area contributed by atoms with Gasteiger partial charge in [0.1, 0.15) is 6.04 Å². The Kier molecular flexibility index (Phi) is 3.70. The largest absolute Gasteiger partial charge is 0.339 e. The molecule has 1 atom stereocenters. The number of carbonyl (C=O) groups is 1. The van der Waals surface area contributed by atoms with Gasteiger partial charge in [-0.2, -0.15) is 5.10 Å². The molecule has 0 aliphatic carbocycles. The molecule has 1 fully saturated rings. The van der Waals surface area contributed by atoms with Crippen molar-refractivity contribution in [2.75, 3.05) is 24.6 Å². The molecule has 0 saturated carbocycles. The van der Waals surface area contributed by atoms with E-state index < -0.39 is 9.84 Å². The Morgan fingerprint density at radius 3 is 2.56 bits per heavy atom. The van der Waals surface area contributed by atoms with Crippen LogP contribution in [-0.4, -0.2) is 53.6 Å². The molecule has 0 N–H and O–H groups in total. The lowest BCUT2D eigenvalue weighted by Gasteiger charge is -2.30. The maximum atomic E-state index is 12.3. The maximum Gasteiger partial charge on any atom is 0.247 e. The summed E-state index contributed by atoms with van der Waals surface area (Å²) >= 11 is 0. The van der Waals surface area contributed by atoms with Crippen LogP contribution in [0.4, 0.5) is 0 Å². The predicted octanol–water partition coefficient (Wildman–Crippen LogP) is 0.0912. The van der Waals surface area contributed by atoms with Gasteiger partial charge >= 0.3 is 0 Å². The minimum atomic E-state index is -2.95. The maximum absolute atomic E-state index is 12.3. The monoisotopic (exact) mass is 271 g/mol. The van der Waals surface area contributed by atoms with Crippen molar-refractivity contribution in [3.05, 3.63) is 18.5 Å². The molecule has 18 heavy (non-hydrogen) atoms. The zero-order valence-electron chi connectivity index (χ0n) is 10.3. The van der Waals surface area contributed by atoms with E-state index in [1.54, 1.807) is 28.0 Å². The Morgan fingerprint density at radius 1 is 1.39 bits per heavy atom. The van der Waals surface area contributed by atoms with Crippen LogP contribution in [0.3, 0.4) is 0 Å². The van der Waals surface area contributed by atoms with E-state index in [4.69, 9.17) is 0 Å². The van der Waals surface area contributed by atoms with Crippen molar-refractivity contribution in [2.45, 2.75) is 19.4 Å². The van der Waals surface area contributed by atoms with Crippen LogP contribution >= 0.6 is 0 Å². The molecule has 0 radical (unpaired) electrons. The Labute approximate surface area is 106 Å². The van der Waals surface area contributed by atoms with Crippen LogP contribution in [0, 0.1) is 0 Å². The van der Waals surface area contributed by atoms with Gasteiger partial charge in [0, 0.05) is 25.5 Å². The van der Waals surface area contributed by atoms with E-state index in [1.165, 1.54) is 0 Å². The van der Waals surface area contributed by atoms with Gasteiger partial charge in [-0.3, -0.25) is 9.48 Å². The highest BCUT2D eigenvalue weighted by molar-refractivity contribution is 7.91. The predicted molar refractivity (Wildman–Crippen MR) is 66.8 cm³/mol. The average molecular weight is 271 g/mol. The molecule has 1 saturated heterocycles. The van der Waals surface area contributed by atoms with Gasteiger partial charge in [-0.15, -0.1) is 0 Å². The smallest absolute Gasteiger partial charge is 0.247 e. The summed E-state index contributed by atoms with van der Waals surface area (Å²) < 4.78 is 24.3. The SMILES string of the molecule is CC[C@H](C(=O)N1CCS(=O)(=O)CC1)n1cccn1. The van der Waals surface area contributed by atoms with Gasteiger partial charge in [-0.25, -0.2) is 8.42 Å². The van der Waals surface area contributed by atoms with Gasteiger partial charge < -0.3 is 4.90 Å². The van der Waals surface area contributed by atoms with Crippen molar-refractivity contribution in [3.63, 3.8) is 0 Å². The first-order chi connectivity index (χ1) is 8.53. The average Bonchev–Trinajstić information content (AvgIpc) is 2.83. The van der Waals surface area contributed by atoms with Crippen LogP contribution in [0.1, 0.15) is 19.4 Å². The number of aromatic nitrogens is 2. The number of rotatable bonds is 3. The Balaban J connectivity index is 2.07. The van der Waals surface area contributed by atoms with Gasteiger partial charge in [-0.1, -0.05) is 6.92 Å². The quantitative estimate of drug-likeness (QED) is 0.781. The zero-order valence-corrected chi connectivity index (χ0v) is 11.1. The van der Waals surface area contributed by atoms with Gasteiger partial charge in [-0.05, 0) is 12.5 Å². The Hall–Kier alpha value is -1.37. The summed E-state index contributed by atoms with van der Waals surface area (Å²) in [6.07, 6.45) is 4.03. The summed E-state index contributed by atoms with van der Waals surface area (Å²) in [5, 5.41) is 4.08. The van der Waals surface area contributed by atoms with Crippen LogP contribution in [0.25, 0.3) is 0 Å². The van der Waals surface area contributed by atoms with E-state index in [-0.39, 0.29) is 23.5 Å². The molecule has 6 nitrogen and oxygen atoms in total. The number of hydrogen-bond donors (Lipinski definition) is 0. The number of sulfone groups is 1. The van der Waals surface area contributed by atoms with E-state index >= 15 is 0 Å². The third kappa shape index (κ3) is 2.72. The van der Waals surface area contributed by atoms with E-state index in [2.05, 4.69) is 5.10 Å². The summed E-state index contributed by atoms with van der Waals surface area (Å²) in [4.78, 5) is 13.9. The van der Waals surface area contributed by atoms with E-state index in [1.807, 2.05) is 6.92 Å². The van der Waals surface area contributed by atoms with Crippen LogP contribution in [0.5, 0.6) is 0 Å². The molecule has 2 heterocycles. The number of amides is 1. The summed E-state index contributed by atoms with van der Waals surface area (Å²) in [6.45, 7) is 2.50. The van der Waals surface area contributed by atoms with Crippen LogP contribution in [-0.2, 0) is 14.6 Å². The van der Waals surface area contributed by atoms with Gasteiger partial charge in [0.2, 0.25) is 5.91 Å². The second-order valence-electron chi connectivity index (χ2n) is 4.39. The molecule has 7 heteroatoms. The van der Waals surface area contributed by atoms with Crippen molar-refractivity contribution in [2.24, 2.45) is 0 Å². The lowest BCUT2D eigenvalue weighted by molar-refractivity contribution is -0.134. The Morgan fingerprint density at radius 2 is 2.06 bits per heavy atom. The van der Waals surface area contributed by atoms with E-state index in [0.29, 0.717) is 19.5 Å². The lowest BCUT2D eigenvalue weighted by atomic mass is 10.2. The van der Waals surface area contributed by atoms with E-state index in [0.717, 1.165) is 0 Å². The molecule has 0 spiro atoms. The normalized spacial score (nSPS) is 20.6. The third-order valence-corrected chi connectivity index (χ3v) is 4.78. The molecule has 1 amide bonds. The first-order valence-corrected chi connectivity index (χ1v) is 7.84. The standard InChI is InChI=1S/C11H17N3O3S/c1-2-10(14-5-3-4-12-14)11(15)13-6-8-18(16,17)9-7-13/h3-5,10H,2,6-9H2,1H3/t10-/m1/s1. The number of nitrogens with zero attached hydrogens (tertiary/aromatic N) is 3. The molecule has 1 aliphatic rings. The highest BCUT2D eigenvalue weighted by atomic mass is 32.2. The van der Waals surface area contributed by atoms with Gasteiger partial charge in [0.05, 0.1) is 11.5 Å². The third-order valence-electron chi connectivity index (χ3n) is 3.17. The molecule has 1 aliphatic heterocycles. The topological polar surface area (TPSA) is 72.3 Å². The zero-order chi connectivity index (χ0) is 13.2. The van der Waals surface area contributed by atoms with Crippen LogP contribution in [0.2, 0.25) is 0 Å². The fourth-order valence-electron chi connectivity index (χ4n) is 2.08. The molecule has 1 aromatic heterocycles. The molecule has 0 bridgehead atoms. The molecule has 100 valence electrons. The van der Waals surface area contributed by atoms with Crippen molar-refractivity contribution >= 4 is 15.7 Å². The van der Waals surface area contributed by atoms with Gasteiger partial charge in [0.25, 0.3) is 0 Å². The Bertz CT molecular complexity index is 496. The van der Waals surface area contributed by atoms with Crippen molar-refractivity contribution in [1.29, 1.82) is 0 Å². The molecule has 1 aromatic rings. The minimum absolute atomic E-state index is 0.0453. The second kappa shape index (κ2) is 5.09. The second-order valence-corrected chi connectivity index (χ2v) is 6.69. The van der Waals surface area contributed by atoms with Crippen molar-refractivity contribution < 1.29 is 13.2 Å². The molecular formula is C11H17N3O3S. The molecule has 2 rings (SSSR count). The summed E-state index contributed by atoms with van der Waals surface area (Å²) in [6, 6.07) is 1.44. The fraction of sp³-hybridized carbons (Fsp3) is 0.636. The van der Waals surface area contributed by atoms with Crippen LogP contribution in [0.15, 0.2) is 18.5 Å². The molecule has 0 unspecified atom stereocenters.